The fourth-order valence-corrected chi connectivity index (χ4v) is 4.35. The topological polar surface area (TPSA) is 88.3 Å². The molecule has 17 heavy (non-hydrogen) atoms. The summed E-state index contributed by atoms with van der Waals surface area (Å²) in [6.45, 7) is 2.05. The summed E-state index contributed by atoms with van der Waals surface area (Å²) < 4.78 is 27.0. The van der Waals surface area contributed by atoms with E-state index in [1.54, 1.807) is 0 Å². The predicted molar refractivity (Wildman–Crippen MR) is 62.7 cm³/mol. The molecule has 0 aliphatic carbocycles. The maximum Gasteiger partial charge on any atom is 0.263 e. The minimum Gasteiger partial charge on any atom is -0.387 e. The number of aromatic nitrogens is 3. The molecule has 0 radical (unpaired) electrons. The van der Waals surface area contributed by atoms with E-state index in [1.165, 1.54) is 16.0 Å². The quantitative estimate of drug-likeness (QED) is 0.826. The van der Waals surface area contributed by atoms with Crippen LogP contribution in [-0.2, 0) is 17.1 Å². The molecule has 2 heterocycles. The van der Waals surface area contributed by atoms with Gasteiger partial charge < -0.3 is 5.11 Å². The second-order valence-corrected chi connectivity index (χ2v) is 6.76. The highest BCUT2D eigenvalue weighted by Crippen LogP contribution is 2.31. The van der Waals surface area contributed by atoms with Crippen molar-refractivity contribution < 1.29 is 13.5 Å². The Balaban J connectivity index is 2.29. The van der Waals surface area contributed by atoms with Gasteiger partial charge in [-0.05, 0) is 22.4 Å². The molecule has 0 amide bonds. The number of aryl methyl sites for hydroxylation is 1. The van der Waals surface area contributed by atoms with Crippen LogP contribution in [-0.4, -0.2) is 51.5 Å². The smallest absolute Gasteiger partial charge is 0.263 e. The van der Waals surface area contributed by atoms with Crippen LogP contribution in [0.4, 0.5) is 0 Å². The van der Waals surface area contributed by atoms with E-state index in [2.05, 4.69) is 26.2 Å². The van der Waals surface area contributed by atoms with Crippen LogP contribution < -0.4 is 0 Å². The van der Waals surface area contributed by atoms with Crippen LogP contribution in [0.5, 0.6) is 0 Å². The zero-order valence-corrected chi connectivity index (χ0v) is 11.9. The Kier molecular flexibility index (Phi) is 3.05. The van der Waals surface area contributed by atoms with E-state index in [1.807, 2.05) is 6.92 Å². The van der Waals surface area contributed by atoms with Gasteiger partial charge in [0, 0.05) is 20.1 Å². The molecule has 1 saturated heterocycles. The Hall–Kier alpha value is -0.510. The molecule has 2 rings (SSSR count). The number of β-amino-alcohol motifs (C(OH)–C–C–N with tert-alkyl or cyclic N) is 1. The highest BCUT2D eigenvalue weighted by Gasteiger charge is 2.47. The van der Waals surface area contributed by atoms with E-state index in [0.717, 1.165) is 0 Å². The molecule has 9 heteroatoms. The van der Waals surface area contributed by atoms with Crippen LogP contribution in [0, 0.1) is 0 Å². The average Bonchev–Trinajstić information content (AvgIpc) is 2.54. The molecule has 0 saturated carbocycles. The predicted octanol–water partition coefficient (Wildman–Crippen LogP) is -0.277. The van der Waals surface area contributed by atoms with Crippen molar-refractivity contribution in [3.05, 3.63) is 4.60 Å². The second-order valence-electron chi connectivity index (χ2n) is 4.16. The first-order valence-corrected chi connectivity index (χ1v) is 7.31. The van der Waals surface area contributed by atoms with Crippen molar-refractivity contribution in [2.45, 2.75) is 24.0 Å². The van der Waals surface area contributed by atoms with Gasteiger partial charge in [-0.15, -0.1) is 5.10 Å². The summed E-state index contributed by atoms with van der Waals surface area (Å²) in [4.78, 5) is 0. The number of aliphatic hydroxyl groups is 1. The van der Waals surface area contributed by atoms with Gasteiger partial charge in [0.05, 0.1) is 5.60 Å². The van der Waals surface area contributed by atoms with E-state index >= 15 is 0 Å². The summed E-state index contributed by atoms with van der Waals surface area (Å²) in [5.74, 6) is 0. The van der Waals surface area contributed by atoms with Crippen LogP contribution in [0.15, 0.2) is 9.63 Å². The van der Waals surface area contributed by atoms with Gasteiger partial charge in [-0.2, -0.15) is 4.31 Å². The lowest BCUT2D eigenvalue weighted by Crippen LogP contribution is -2.63. The number of hydrogen-bond donors (Lipinski definition) is 1. The zero-order valence-electron chi connectivity index (χ0n) is 9.46. The van der Waals surface area contributed by atoms with E-state index < -0.39 is 15.6 Å². The van der Waals surface area contributed by atoms with E-state index in [9.17, 15) is 13.5 Å². The van der Waals surface area contributed by atoms with Crippen molar-refractivity contribution in [2.24, 2.45) is 7.05 Å². The Labute approximate surface area is 108 Å². The van der Waals surface area contributed by atoms with Gasteiger partial charge in [0.1, 0.15) is 0 Å². The first-order valence-electron chi connectivity index (χ1n) is 5.08. The molecule has 1 aromatic heterocycles. The van der Waals surface area contributed by atoms with Crippen LogP contribution >= 0.6 is 15.9 Å². The highest BCUT2D eigenvalue weighted by molar-refractivity contribution is 9.10. The third kappa shape index (κ3) is 2.01. The number of hydrogen-bond acceptors (Lipinski definition) is 5. The van der Waals surface area contributed by atoms with E-state index in [-0.39, 0.29) is 22.7 Å². The lowest BCUT2D eigenvalue weighted by Gasteiger charge is -2.44. The van der Waals surface area contributed by atoms with Crippen molar-refractivity contribution in [1.82, 2.24) is 19.3 Å². The minimum atomic E-state index is -3.64. The van der Waals surface area contributed by atoms with Gasteiger partial charge in [0.2, 0.25) is 5.03 Å². The Bertz CT molecular complexity index is 515. The molecular formula is C8H13BrN4O3S. The van der Waals surface area contributed by atoms with Crippen LogP contribution in [0.25, 0.3) is 0 Å². The summed E-state index contributed by atoms with van der Waals surface area (Å²) in [5.41, 5.74) is -0.897. The molecule has 0 atom stereocenters. The number of halogens is 1. The number of rotatable bonds is 3. The van der Waals surface area contributed by atoms with Crippen molar-refractivity contribution in [1.29, 1.82) is 0 Å². The molecule has 1 N–H and O–H groups in total. The molecule has 0 spiro atoms. The Morgan fingerprint density at radius 1 is 1.53 bits per heavy atom. The standard InChI is InChI=1S/C8H13BrN4O3S/c1-3-8(14)4-13(5-8)17(15,16)7-6(9)10-11-12(7)2/h14H,3-5H2,1-2H3. The molecule has 1 aliphatic heterocycles. The monoisotopic (exact) mass is 324 g/mol. The Morgan fingerprint density at radius 3 is 2.53 bits per heavy atom. The zero-order chi connectivity index (χ0) is 12.8. The summed E-state index contributed by atoms with van der Waals surface area (Å²) in [7, 11) is -2.13. The SMILES string of the molecule is CCC1(O)CN(S(=O)(=O)c2c(Br)nnn2C)C1. The molecular weight excluding hydrogens is 312 g/mol. The van der Waals surface area contributed by atoms with Gasteiger partial charge >= 0.3 is 0 Å². The summed E-state index contributed by atoms with van der Waals surface area (Å²) in [6, 6.07) is 0. The lowest BCUT2D eigenvalue weighted by molar-refractivity contribution is -0.0615. The molecule has 0 aromatic carbocycles. The normalized spacial score (nSPS) is 20.2. The van der Waals surface area contributed by atoms with Crippen LogP contribution in [0.2, 0.25) is 0 Å². The van der Waals surface area contributed by atoms with Crippen molar-refractivity contribution >= 4 is 26.0 Å². The van der Waals surface area contributed by atoms with Gasteiger partial charge in [0.25, 0.3) is 10.0 Å². The molecule has 7 nitrogen and oxygen atoms in total. The Morgan fingerprint density at radius 2 is 2.12 bits per heavy atom. The molecule has 1 fully saturated rings. The van der Waals surface area contributed by atoms with E-state index in [4.69, 9.17) is 0 Å². The summed E-state index contributed by atoms with van der Waals surface area (Å²) >= 11 is 3.06. The molecule has 0 bridgehead atoms. The molecule has 0 unspecified atom stereocenters. The fraction of sp³-hybridized carbons (Fsp3) is 0.750. The molecule has 1 aliphatic rings. The summed E-state index contributed by atoms with van der Waals surface area (Å²) in [6.07, 6.45) is 0.532. The van der Waals surface area contributed by atoms with Crippen molar-refractivity contribution in [3.8, 4) is 0 Å². The van der Waals surface area contributed by atoms with Gasteiger partial charge in [-0.3, -0.25) is 0 Å². The number of sulfonamides is 1. The fourth-order valence-electron chi connectivity index (χ4n) is 1.72. The van der Waals surface area contributed by atoms with Gasteiger partial charge in [-0.25, -0.2) is 13.1 Å². The van der Waals surface area contributed by atoms with Crippen molar-refractivity contribution in [3.63, 3.8) is 0 Å². The van der Waals surface area contributed by atoms with Gasteiger partial charge in [0.15, 0.2) is 4.60 Å². The van der Waals surface area contributed by atoms with Crippen molar-refractivity contribution in [2.75, 3.05) is 13.1 Å². The lowest BCUT2D eigenvalue weighted by atomic mass is 9.94. The minimum absolute atomic E-state index is 0.00986. The maximum atomic E-state index is 12.2. The first-order chi connectivity index (χ1) is 7.80. The highest BCUT2D eigenvalue weighted by atomic mass is 79.9. The molecule has 96 valence electrons. The maximum absolute atomic E-state index is 12.2. The van der Waals surface area contributed by atoms with E-state index in [0.29, 0.717) is 6.42 Å². The number of nitrogens with zero attached hydrogens (tertiary/aromatic N) is 4. The second kappa shape index (κ2) is 4.01. The third-order valence-corrected chi connectivity index (χ3v) is 5.60. The molecule has 1 aromatic rings. The van der Waals surface area contributed by atoms with Crippen LogP contribution in [0.1, 0.15) is 13.3 Å². The summed E-state index contributed by atoms with van der Waals surface area (Å²) in [5, 5.41) is 17.1. The van der Waals surface area contributed by atoms with Crippen LogP contribution in [0.3, 0.4) is 0 Å². The average molecular weight is 325 g/mol. The first kappa shape index (κ1) is 12.9. The van der Waals surface area contributed by atoms with Gasteiger partial charge in [-0.1, -0.05) is 12.1 Å². The largest absolute Gasteiger partial charge is 0.387 e. The third-order valence-electron chi connectivity index (χ3n) is 2.92.